The third-order valence-corrected chi connectivity index (χ3v) is 7.54. The van der Waals surface area contributed by atoms with Crippen molar-refractivity contribution in [3.05, 3.63) is 59.7 Å². The molecule has 0 spiro atoms. The van der Waals surface area contributed by atoms with Crippen LogP contribution in [-0.2, 0) is 19.1 Å². The molecular formula is C31H43N3O5S2. The van der Waals surface area contributed by atoms with Gasteiger partial charge < -0.3 is 21.1 Å². The number of ketones is 1. The largest absolute Gasteiger partial charge is 0.449 e. The van der Waals surface area contributed by atoms with Crippen molar-refractivity contribution in [2.45, 2.75) is 64.3 Å². The van der Waals surface area contributed by atoms with Crippen LogP contribution in [0, 0.1) is 17.8 Å². The molecule has 1 saturated carbocycles. The summed E-state index contributed by atoms with van der Waals surface area (Å²) in [6.07, 6.45) is 2.48. The number of hydrogen-bond donors (Lipinski definition) is 3. The van der Waals surface area contributed by atoms with Gasteiger partial charge in [0.25, 0.3) is 0 Å². The Labute approximate surface area is 256 Å². The number of benzene rings is 2. The van der Waals surface area contributed by atoms with Crippen LogP contribution in [0.25, 0.3) is 11.1 Å². The zero-order chi connectivity index (χ0) is 27.9. The Kier molecular flexibility index (Phi) is 13.2. The van der Waals surface area contributed by atoms with E-state index >= 15 is 0 Å². The molecule has 0 radical (unpaired) electrons. The standard InChI is InChI=1S/C31H39N3O5.2H2S/c1-19(2)16-21(29(32)36)17-28(35)27(34-30(37)20-13-14-20)12-7-15-33-31(38)39-18-26-24-10-5-3-8-22(24)23-9-4-6-11-25(23)26;;/h3-6,8-11,19-21,26-27H,7,12-18H2,1-2H3,(H2,32,36)(H,33,38)(H,34,37);2*1H2/t21-,27+;;/m1../s1. The van der Waals surface area contributed by atoms with Gasteiger partial charge in [0.15, 0.2) is 5.78 Å². The van der Waals surface area contributed by atoms with Crippen molar-refractivity contribution in [1.29, 1.82) is 0 Å². The SMILES string of the molecule is CC(C)C[C@H](CC(=O)[C@H](CCCNC(=O)OCC1c2ccccc2-c2ccccc21)NC(=O)C1CC1)C(N)=O.S.S. The molecule has 4 rings (SSSR count). The zero-order valence-electron chi connectivity index (χ0n) is 23.8. The van der Waals surface area contributed by atoms with Crippen molar-refractivity contribution in [2.75, 3.05) is 13.2 Å². The van der Waals surface area contributed by atoms with Gasteiger partial charge in [-0.2, -0.15) is 27.0 Å². The molecule has 0 aliphatic heterocycles. The molecule has 0 aromatic heterocycles. The van der Waals surface area contributed by atoms with Gasteiger partial charge in [-0.3, -0.25) is 14.4 Å². The molecule has 2 aromatic rings. The lowest BCUT2D eigenvalue weighted by atomic mass is 9.89. The quantitative estimate of drug-likeness (QED) is 0.274. The maximum Gasteiger partial charge on any atom is 0.407 e. The summed E-state index contributed by atoms with van der Waals surface area (Å²) in [5.41, 5.74) is 10.2. The van der Waals surface area contributed by atoms with Crippen LogP contribution in [0.4, 0.5) is 4.79 Å². The molecular weight excluding hydrogens is 558 g/mol. The molecule has 224 valence electrons. The predicted molar refractivity (Wildman–Crippen MR) is 169 cm³/mol. The summed E-state index contributed by atoms with van der Waals surface area (Å²) in [6, 6.07) is 15.6. The summed E-state index contributed by atoms with van der Waals surface area (Å²) in [5.74, 6) is -1.23. The number of primary amides is 1. The van der Waals surface area contributed by atoms with Crippen LogP contribution in [0.1, 0.15) is 69.4 Å². The third kappa shape index (κ3) is 9.26. The normalized spacial score (nSPS) is 14.9. The molecule has 0 heterocycles. The molecule has 0 saturated heterocycles. The fourth-order valence-corrected chi connectivity index (χ4v) is 5.35. The van der Waals surface area contributed by atoms with Crippen molar-refractivity contribution in [3.63, 3.8) is 0 Å². The number of nitrogens with two attached hydrogens (primary N) is 1. The fourth-order valence-electron chi connectivity index (χ4n) is 5.35. The monoisotopic (exact) mass is 601 g/mol. The number of ether oxygens (including phenoxy) is 1. The van der Waals surface area contributed by atoms with Gasteiger partial charge in [0, 0.05) is 30.7 Å². The van der Waals surface area contributed by atoms with E-state index in [0.717, 1.165) is 35.1 Å². The fraction of sp³-hybridized carbons (Fsp3) is 0.484. The maximum absolute atomic E-state index is 13.1. The van der Waals surface area contributed by atoms with Crippen LogP contribution in [0.2, 0.25) is 0 Å². The summed E-state index contributed by atoms with van der Waals surface area (Å²) in [5, 5.41) is 5.62. The van der Waals surface area contributed by atoms with Crippen molar-refractivity contribution in [3.8, 4) is 11.1 Å². The first-order valence-corrected chi connectivity index (χ1v) is 14.0. The van der Waals surface area contributed by atoms with E-state index in [0.29, 0.717) is 25.8 Å². The second kappa shape index (κ2) is 15.9. The third-order valence-electron chi connectivity index (χ3n) is 7.54. The molecule has 8 nitrogen and oxygen atoms in total. The Bertz CT molecular complexity index is 1170. The average Bonchev–Trinajstić information content (AvgIpc) is 3.71. The van der Waals surface area contributed by atoms with E-state index < -0.39 is 24.0 Å². The molecule has 0 unspecified atom stereocenters. The van der Waals surface area contributed by atoms with E-state index in [2.05, 4.69) is 34.9 Å². The summed E-state index contributed by atoms with van der Waals surface area (Å²) in [4.78, 5) is 49.8. The first kappa shape index (κ1) is 34.2. The van der Waals surface area contributed by atoms with Crippen LogP contribution < -0.4 is 16.4 Å². The molecule has 2 atom stereocenters. The highest BCUT2D eigenvalue weighted by Crippen LogP contribution is 2.44. The summed E-state index contributed by atoms with van der Waals surface area (Å²) >= 11 is 0. The second-order valence-corrected chi connectivity index (χ2v) is 11.1. The first-order valence-electron chi connectivity index (χ1n) is 14.0. The zero-order valence-corrected chi connectivity index (χ0v) is 25.8. The molecule has 3 amide bonds. The molecule has 2 aliphatic rings. The van der Waals surface area contributed by atoms with Crippen molar-refractivity contribution in [2.24, 2.45) is 23.5 Å². The number of carbonyl (C=O) groups excluding carboxylic acids is 4. The van der Waals surface area contributed by atoms with E-state index in [1.54, 1.807) is 0 Å². The Morgan fingerprint density at radius 3 is 2.07 bits per heavy atom. The van der Waals surface area contributed by atoms with Gasteiger partial charge in [-0.25, -0.2) is 4.79 Å². The lowest BCUT2D eigenvalue weighted by Gasteiger charge is -2.21. The molecule has 4 N–H and O–H groups in total. The van der Waals surface area contributed by atoms with E-state index in [-0.39, 0.29) is 69.5 Å². The van der Waals surface area contributed by atoms with Crippen LogP contribution in [0.3, 0.4) is 0 Å². The Hall–Kier alpha value is -2.98. The summed E-state index contributed by atoms with van der Waals surface area (Å²) < 4.78 is 5.58. The van der Waals surface area contributed by atoms with Crippen LogP contribution in [0.15, 0.2) is 48.5 Å². The first-order chi connectivity index (χ1) is 18.7. The lowest BCUT2D eigenvalue weighted by molar-refractivity contribution is -0.131. The van der Waals surface area contributed by atoms with Crippen LogP contribution in [0.5, 0.6) is 0 Å². The highest BCUT2D eigenvalue weighted by Gasteiger charge is 2.34. The minimum atomic E-state index is -0.712. The van der Waals surface area contributed by atoms with Gasteiger partial charge in [0.2, 0.25) is 11.8 Å². The minimum absolute atomic E-state index is 0. The highest BCUT2D eigenvalue weighted by molar-refractivity contribution is 7.59. The number of nitrogens with one attached hydrogen (secondary N) is 2. The number of carbonyl (C=O) groups is 4. The number of hydrogen-bond acceptors (Lipinski definition) is 5. The van der Waals surface area contributed by atoms with Gasteiger partial charge in [-0.1, -0.05) is 62.4 Å². The van der Waals surface area contributed by atoms with E-state index in [1.165, 1.54) is 0 Å². The molecule has 2 aliphatic carbocycles. The van der Waals surface area contributed by atoms with Gasteiger partial charge in [-0.15, -0.1) is 0 Å². The molecule has 10 heteroatoms. The van der Waals surface area contributed by atoms with Crippen molar-refractivity contribution < 1.29 is 23.9 Å². The molecule has 0 bridgehead atoms. The van der Waals surface area contributed by atoms with Crippen molar-refractivity contribution >= 4 is 50.7 Å². The molecule has 1 fully saturated rings. The van der Waals surface area contributed by atoms with Crippen molar-refractivity contribution in [1.82, 2.24) is 10.6 Å². The molecule has 41 heavy (non-hydrogen) atoms. The van der Waals surface area contributed by atoms with Gasteiger partial charge >= 0.3 is 6.09 Å². The Morgan fingerprint density at radius 2 is 1.54 bits per heavy atom. The summed E-state index contributed by atoms with van der Waals surface area (Å²) in [6.45, 7) is 4.47. The second-order valence-electron chi connectivity index (χ2n) is 11.1. The number of rotatable bonds is 14. The molecule has 2 aromatic carbocycles. The van der Waals surface area contributed by atoms with E-state index in [9.17, 15) is 19.2 Å². The number of amides is 3. The lowest BCUT2D eigenvalue weighted by Crippen LogP contribution is -2.43. The van der Waals surface area contributed by atoms with E-state index in [4.69, 9.17) is 10.5 Å². The average molecular weight is 602 g/mol. The smallest absolute Gasteiger partial charge is 0.407 e. The minimum Gasteiger partial charge on any atom is -0.449 e. The number of fused-ring (bicyclic) bond motifs is 3. The van der Waals surface area contributed by atoms with Crippen LogP contribution >= 0.6 is 27.0 Å². The van der Waals surface area contributed by atoms with Crippen LogP contribution in [-0.4, -0.2) is 42.9 Å². The van der Waals surface area contributed by atoms with Gasteiger partial charge in [0.1, 0.15) is 6.61 Å². The number of Topliss-reactive ketones (excluding diaryl/α,β-unsaturated/α-hetero) is 1. The van der Waals surface area contributed by atoms with Gasteiger partial charge in [-0.05, 0) is 60.3 Å². The maximum atomic E-state index is 13.1. The van der Waals surface area contributed by atoms with Gasteiger partial charge in [0.05, 0.1) is 6.04 Å². The Balaban J connectivity index is 0.00000294. The Morgan fingerprint density at radius 1 is 0.951 bits per heavy atom. The topological polar surface area (TPSA) is 128 Å². The van der Waals surface area contributed by atoms with E-state index in [1.807, 2.05) is 38.1 Å². The number of alkyl carbamates (subject to hydrolysis) is 1. The highest BCUT2D eigenvalue weighted by atomic mass is 32.1. The predicted octanol–water partition coefficient (Wildman–Crippen LogP) is 4.53. The summed E-state index contributed by atoms with van der Waals surface area (Å²) in [7, 11) is 0.